The van der Waals surface area contributed by atoms with Crippen LogP contribution in [0.1, 0.15) is 10.4 Å². The van der Waals surface area contributed by atoms with Crippen LogP contribution in [0.3, 0.4) is 0 Å². The Labute approximate surface area is 70.6 Å². The average molecular weight is 168 g/mol. The molecule has 0 atom stereocenters. The molecule has 58 valence electrons. The molecule has 0 amide bonds. The number of aldehydes is 1. The van der Waals surface area contributed by atoms with E-state index in [0.717, 1.165) is 6.29 Å². The molecule has 0 bridgehead atoms. The molecule has 11 heavy (non-hydrogen) atoms. The summed E-state index contributed by atoms with van der Waals surface area (Å²) >= 11 is 4.12. The standard InChI is InChI=1S/C8H8O2S/c1-10-7-4-2-3-6(5-9)8(7)11/h2-5,11H,1H3. The largest absolute Gasteiger partial charge is 0.496 e. The van der Waals surface area contributed by atoms with Crippen LogP contribution in [0.5, 0.6) is 5.75 Å². The minimum Gasteiger partial charge on any atom is -0.496 e. The van der Waals surface area contributed by atoms with Crippen LogP contribution < -0.4 is 4.74 Å². The zero-order valence-corrected chi connectivity index (χ0v) is 6.97. The Bertz CT molecular complexity index is 271. The second-order valence-corrected chi connectivity index (χ2v) is 2.46. The molecule has 0 aliphatic heterocycles. The lowest BCUT2D eigenvalue weighted by molar-refractivity contribution is 0.112. The maximum absolute atomic E-state index is 10.4. The van der Waals surface area contributed by atoms with Crippen molar-refractivity contribution in [2.45, 2.75) is 4.90 Å². The lowest BCUT2D eigenvalue weighted by Crippen LogP contribution is -1.88. The Morgan fingerprint density at radius 1 is 1.55 bits per heavy atom. The fraction of sp³-hybridized carbons (Fsp3) is 0.125. The van der Waals surface area contributed by atoms with E-state index in [1.807, 2.05) is 0 Å². The van der Waals surface area contributed by atoms with Gasteiger partial charge in [-0.05, 0) is 6.07 Å². The first-order valence-corrected chi connectivity index (χ1v) is 3.55. The predicted octanol–water partition coefficient (Wildman–Crippen LogP) is 1.80. The number of thiol groups is 1. The van der Waals surface area contributed by atoms with Gasteiger partial charge in [-0.1, -0.05) is 12.1 Å². The van der Waals surface area contributed by atoms with Gasteiger partial charge in [-0.25, -0.2) is 0 Å². The molecular formula is C8H8O2S. The molecule has 0 heterocycles. The molecule has 1 rings (SSSR count). The lowest BCUT2D eigenvalue weighted by Gasteiger charge is -2.03. The predicted molar refractivity (Wildman–Crippen MR) is 45.6 cm³/mol. The van der Waals surface area contributed by atoms with Gasteiger partial charge < -0.3 is 4.74 Å². The van der Waals surface area contributed by atoms with Crippen LogP contribution in [0.2, 0.25) is 0 Å². The molecular weight excluding hydrogens is 160 g/mol. The zero-order chi connectivity index (χ0) is 8.27. The second-order valence-electron chi connectivity index (χ2n) is 2.02. The fourth-order valence-corrected chi connectivity index (χ4v) is 1.09. The van der Waals surface area contributed by atoms with E-state index in [1.54, 1.807) is 25.3 Å². The lowest BCUT2D eigenvalue weighted by atomic mass is 10.2. The number of ether oxygens (including phenoxy) is 1. The van der Waals surface area contributed by atoms with Gasteiger partial charge in [0.1, 0.15) is 5.75 Å². The number of hydrogen-bond acceptors (Lipinski definition) is 3. The van der Waals surface area contributed by atoms with Gasteiger partial charge in [-0.3, -0.25) is 4.79 Å². The van der Waals surface area contributed by atoms with Gasteiger partial charge >= 0.3 is 0 Å². The monoisotopic (exact) mass is 168 g/mol. The second kappa shape index (κ2) is 3.44. The van der Waals surface area contributed by atoms with Gasteiger partial charge in [-0.15, -0.1) is 12.6 Å². The highest BCUT2D eigenvalue weighted by molar-refractivity contribution is 7.80. The van der Waals surface area contributed by atoms with Crippen molar-refractivity contribution < 1.29 is 9.53 Å². The van der Waals surface area contributed by atoms with E-state index in [0.29, 0.717) is 16.2 Å². The summed E-state index contributed by atoms with van der Waals surface area (Å²) in [6, 6.07) is 5.20. The summed E-state index contributed by atoms with van der Waals surface area (Å²) in [5, 5.41) is 0. The molecule has 1 aromatic carbocycles. The Kier molecular flexibility index (Phi) is 2.54. The van der Waals surface area contributed by atoms with Gasteiger partial charge in [0.25, 0.3) is 0 Å². The molecule has 0 saturated carbocycles. The van der Waals surface area contributed by atoms with Crippen molar-refractivity contribution in [2.75, 3.05) is 7.11 Å². The maximum atomic E-state index is 10.4. The average Bonchev–Trinajstić information content (AvgIpc) is 2.05. The topological polar surface area (TPSA) is 26.3 Å². The summed E-state index contributed by atoms with van der Waals surface area (Å²) in [6.07, 6.45) is 0.755. The van der Waals surface area contributed by atoms with Crippen LogP contribution in [-0.4, -0.2) is 13.4 Å². The SMILES string of the molecule is COc1cccc(C=O)c1S. The third kappa shape index (κ3) is 1.54. The van der Waals surface area contributed by atoms with Crippen molar-refractivity contribution in [1.82, 2.24) is 0 Å². The number of methoxy groups -OCH3 is 1. The van der Waals surface area contributed by atoms with Crippen LogP contribution in [0.25, 0.3) is 0 Å². The maximum Gasteiger partial charge on any atom is 0.151 e. The highest BCUT2D eigenvalue weighted by Gasteiger charge is 2.02. The van der Waals surface area contributed by atoms with Gasteiger partial charge in [0, 0.05) is 5.56 Å². The summed E-state index contributed by atoms with van der Waals surface area (Å²) in [4.78, 5) is 11.0. The molecule has 0 N–H and O–H groups in total. The Morgan fingerprint density at radius 3 is 2.82 bits per heavy atom. The van der Waals surface area contributed by atoms with Crippen LogP contribution in [0.15, 0.2) is 23.1 Å². The molecule has 2 nitrogen and oxygen atoms in total. The number of carbonyl (C=O) groups is 1. The first kappa shape index (κ1) is 8.14. The molecule has 0 aliphatic carbocycles. The highest BCUT2D eigenvalue weighted by Crippen LogP contribution is 2.24. The molecule has 0 fully saturated rings. The number of rotatable bonds is 2. The first-order valence-electron chi connectivity index (χ1n) is 3.10. The van der Waals surface area contributed by atoms with Crippen molar-refractivity contribution in [3.63, 3.8) is 0 Å². The molecule has 0 saturated heterocycles. The smallest absolute Gasteiger partial charge is 0.151 e. The zero-order valence-electron chi connectivity index (χ0n) is 6.07. The summed E-state index contributed by atoms with van der Waals surface area (Å²) < 4.78 is 4.95. The summed E-state index contributed by atoms with van der Waals surface area (Å²) in [5.74, 6) is 0.623. The minimum absolute atomic E-state index is 0.549. The van der Waals surface area contributed by atoms with E-state index in [2.05, 4.69) is 12.6 Å². The quantitative estimate of drug-likeness (QED) is 0.538. The molecule has 0 radical (unpaired) electrons. The van der Waals surface area contributed by atoms with Crippen molar-refractivity contribution >= 4 is 18.9 Å². The van der Waals surface area contributed by atoms with E-state index in [-0.39, 0.29) is 0 Å². The summed E-state index contributed by atoms with van der Waals surface area (Å²) in [7, 11) is 1.55. The van der Waals surface area contributed by atoms with Gasteiger partial charge in [0.15, 0.2) is 6.29 Å². The highest BCUT2D eigenvalue weighted by atomic mass is 32.1. The summed E-state index contributed by atoms with van der Waals surface area (Å²) in [6.45, 7) is 0. The third-order valence-electron chi connectivity index (χ3n) is 1.38. The molecule has 0 aromatic heterocycles. The van der Waals surface area contributed by atoms with Crippen LogP contribution in [0.4, 0.5) is 0 Å². The van der Waals surface area contributed by atoms with Gasteiger partial charge in [-0.2, -0.15) is 0 Å². The van der Waals surface area contributed by atoms with E-state index in [9.17, 15) is 4.79 Å². The molecule has 3 heteroatoms. The third-order valence-corrected chi connectivity index (χ3v) is 1.86. The molecule has 1 aromatic rings. The Morgan fingerprint density at radius 2 is 2.27 bits per heavy atom. The summed E-state index contributed by atoms with van der Waals surface area (Å²) in [5.41, 5.74) is 0.549. The normalized spacial score (nSPS) is 9.27. The fourth-order valence-electron chi connectivity index (χ4n) is 0.799. The first-order chi connectivity index (χ1) is 5.29. The van der Waals surface area contributed by atoms with E-state index in [1.165, 1.54) is 0 Å². The Balaban J connectivity index is 3.20. The van der Waals surface area contributed by atoms with Crippen molar-refractivity contribution in [1.29, 1.82) is 0 Å². The Hall–Kier alpha value is -0.960. The van der Waals surface area contributed by atoms with E-state index < -0.39 is 0 Å². The van der Waals surface area contributed by atoms with Crippen LogP contribution in [-0.2, 0) is 0 Å². The van der Waals surface area contributed by atoms with Crippen molar-refractivity contribution in [2.24, 2.45) is 0 Å². The van der Waals surface area contributed by atoms with Crippen LogP contribution in [0, 0.1) is 0 Å². The number of benzene rings is 1. The number of carbonyl (C=O) groups excluding carboxylic acids is 1. The van der Waals surface area contributed by atoms with E-state index >= 15 is 0 Å². The van der Waals surface area contributed by atoms with Gasteiger partial charge in [0.2, 0.25) is 0 Å². The van der Waals surface area contributed by atoms with Gasteiger partial charge in [0.05, 0.1) is 12.0 Å². The minimum atomic E-state index is 0.549. The van der Waals surface area contributed by atoms with E-state index in [4.69, 9.17) is 4.74 Å². The van der Waals surface area contributed by atoms with Crippen LogP contribution >= 0.6 is 12.6 Å². The molecule has 0 aliphatic rings. The molecule has 0 unspecified atom stereocenters. The van der Waals surface area contributed by atoms with Crippen molar-refractivity contribution in [3.05, 3.63) is 23.8 Å². The van der Waals surface area contributed by atoms with Crippen molar-refractivity contribution in [3.8, 4) is 5.75 Å². The number of hydrogen-bond donors (Lipinski definition) is 1. The molecule has 0 spiro atoms.